The van der Waals surface area contributed by atoms with Crippen LogP contribution in [0.1, 0.15) is 23.2 Å². The van der Waals surface area contributed by atoms with E-state index in [1.807, 2.05) is 0 Å². The Labute approximate surface area is 236 Å². The van der Waals surface area contributed by atoms with E-state index in [1.54, 1.807) is 0 Å². The molecule has 20 heteroatoms. The van der Waals surface area contributed by atoms with Crippen LogP contribution in [-0.4, -0.2) is 83.8 Å². The third-order valence-corrected chi connectivity index (χ3v) is 5.86. The van der Waals surface area contributed by atoms with E-state index >= 15 is 0 Å². The van der Waals surface area contributed by atoms with Crippen molar-refractivity contribution >= 4 is 71.0 Å². The predicted molar refractivity (Wildman–Crippen MR) is 140 cm³/mol. The first-order chi connectivity index (χ1) is 19.6. The van der Waals surface area contributed by atoms with Crippen LogP contribution in [0.15, 0.2) is 29.1 Å². The molecule has 0 saturated heterocycles. The summed E-state index contributed by atoms with van der Waals surface area (Å²) < 4.78 is 40.3. The van der Waals surface area contributed by atoms with Crippen LogP contribution in [-0.2, 0) is 19.2 Å². The molecule has 2 aromatic heterocycles. The van der Waals surface area contributed by atoms with Gasteiger partial charge in [0.2, 0.25) is 17.8 Å². The third kappa shape index (κ3) is 7.33. The molecule has 0 fully saturated rings. The summed E-state index contributed by atoms with van der Waals surface area (Å²) in [6.45, 7) is 0. The Bertz CT molecular complexity index is 1590. The van der Waals surface area contributed by atoms with E-state index in [0.717, 1.165) is 24.3 Å². The lowest BCUT2D eigenvalue weighted by Gasteiger charge is -2.21. The van der Waals surface area contributed by atoms with Crippen LogP contribution in [0.4, 0.5) is 30.8 Å². The Morgan fingerprint density at radius 3 is 2.17 bits per heavy atom. The average Bonchev–Trinajstić information content (AvgIpc) is 3.32. The maximum Gasteiger partial charge on any atom is 0.472 e. The highest BCUT2D eigenvalue weighted by molar-refractivity contribution is 7.80. The fourth-order valence-corrected chi connectivity index (χ4v) is 3.72. The van der Waals surface area contributed by atoms with Crippen molar-refractivity contribution in [2.45, 2.75) is 31.1 Å². The number of fused-ring (bicyclic) bond motifs is 1. The van der Waals surface area contributed by atoms with Gasteiger partial charge < -0.3 is 31.6 Å². The maximum absolute atomic E-state index is 13.4. The van der Waals surface area contributed by atoms with Crippen molar-refractivity contribution in [1.29, 1.82) is 0 Å². The normalized spacial score (nSPS) is 12.8. The summed E-state index contributed by atoms with van der Waals surface area (Å²) in [5.41, 5.74) is 3.14. The molecule has 2 unspecified atom stereocenters. The molecule has 0 aliphatic rings. The first-order valence-corrected chi connectivity index (χ1v) is 12.2. The number of nitrogens with two attached hydrogens (primary N) is 1. The van der Waals surface area contributed by atoms with E-state index in [0.29, 0.717) is 0 Å². The van der Waals surface area contributed by atoms with E-state index in [4.69, 9.17) is 10.8 Å². The minimum Gasteiger partial charge on any atom is -0.480 e. The molecule has 0 aliphatic heterocycles. The van der Waals surface area contributed by atoms with Gasteiger partial charge in [-0.15, -0.1) is 0 Å². The number of rotatable bonds is 11. The standard InChI is InChI=1S/C22H21F3N8O8S/c23-22(24,25)19(41)33(21-29-13-14(31-21)30-20(26)32-16(13)36)9-3-1-8(2-4-9)15(35)28-10(17(37)38)5-6-12(34)27-11(7-42)18(39)40/h1-4,10-11,42H,5-7H2,(H,27,34)(H,28,35)(H,37,38)(H,39,40)(H4,26,29,30,31,32,36). The van der Waals surface area contributed by atoms with Gasteiger partial charge in [-0.2, -0.15) is 35.8 Å². The van der Waals surface area contributed by atoms with Crippen LogP contribution in [0.25, 0.3) is 11.2 Å². The summed E-state index contributed by atoms with van der Waals surface area (Å²) in [7, 11) is 0. The smallest absolute Gasteiger partial charge is 0.472 e. The van der Waals surface area contributed by atoms with Crippen molar-refractivity contribution < 1.29 is 47.4 Å². The van der Waals surface area contributed by atoms with Gasteiger partial charge >= 0.3 is 24.0 Å². The van der Waals surface area contributed by atoms with Crippen molar-refractivity contribution in [1.82, 2.24) is 30.6 Å². The van der Waals surface area contributed by atoms with Crippen molar-refractivity contribution in [3.05, 3.63) is 40.2 Å². The van der Waals surface area contributed by atoms with Crippen molar-refractivity contribution in [3.63, 3.8) is 0 Å². The van der Waals surface area contributed by atoms with Crippen LogP contribution < -0.4 is 26.8 Å². The Balaban J connectivity index is 1.81. The Morgan fingerprint density at radius 2 is 1.62 bits per heavy atom. The fourth-order valence-electron chi connectivity index (χ4n) is 3.47. The topological polar surface area (TPSA) is 254 Å². The van der Waals surface area contributed by atoms with Crippen molar-refractivity contribution in [3.8, 4) is 0 Å². The van der Waals surface area contributed by atoms with Crippen LogP contribution in [0.2, 0.25) is 0 Å². The number of hydrogen-bond donors (Lipinski definition) is 8. The highest BCUT2D eigenvalue weighted by Gasteiger charge is 2.45. The number of thiol groups is 1. The van der Waals surface area contributed by atoms with Gasteiger partial charge in [0.05, 0.1) is 5.69 Å². The lowest BCUT2D eigenvalue weighted by molar-refractivity contribution is -0.169. The molecule has 3 amide bonds. The van der Waals surface area contributed by atoms with Gasteiger partial charge in [-0.25, -0.2) is 14.5 Å². The molecule has 3 aromatic rings. The number of alkyl halides is 3. The second kappa shape index (κ2) is 12.6. The molecule has 2 heterocycles. The Hall–Kier alpha value is -5.14. The number of carbonyl (C=O) groups excluding carboxylic acids is 3. The number of anilines is 3. The molecule has 0 radical (unpaired) electrons. The number of hydrogen-bond acceptors (Lipinski definition) is 10. The molecular formula is C22H21F3N8O8S. The number of halogens is 3. The van der Waals surface area contributed by atoms with E-state index < -0.39 is 78.0 Å². The van der Waals surface area contributed by atoms with Gasteiger partial charge in [-0.05, 0) is 30.7 Å². The number of aromatic amines is 2. The summed E-state index contributed by atoms with van der Waals surface area (Å²) in [5, 5.41) is 22.7. The zero-order chi connectivity index (χ0) is 31.4. The molecule has 3 rings (SSSR count). The van der Waals surface area contributed by atoms with Gasteiger partial charge in [-0.3, -0.25) is 24.2 Å². The number of imidazole rings is 1. The first kappa shape index (κ1) is 31.4. The number of nitrogens with zero attached hydrogens (tertiary/aromatic N) is 3. The summed E-state index contributed by atoms with van der Waals surface area (Å²) in [4.78, 5) is 83.5. The van der Waals surface area contributed by atoms with Gasteiger partial charge in [-0.1, -0.05) is 0 Å². The molecule has 8 N–H and O–H groups in total. The predicted octanol–water partition coefficient (Wildman–Crippen LogP) is -0.0822. The Kier molecular flexibility index (Phi) is 9.40. The number of carboxylic acid groups (broad SMARTS) is 2. The lowest BCUT2D eigenvalue weighted by atomic mass is 10.1. The molecule has 0 saturated carbocycles. The van der Waals surface area contributed by atoms with Gasteiger partial charge in [0.15, 0.2) is 11.2 Å². The molecule has 2 atom stereocenters. The molecule has 0 bridgehead atoms. The van der Waals surface area contributed by atoms with Gasteiger partial charge in [0.1, 0.15) is 12.1 Å². The number of nitrogen functional groups attached to an aromatic ring is 1. The molecule has 1 aromatic carbocycles. The number of aromatic nitrogens is 4. The second-order valence-electron chi connectivity index (χ2n) is 8.44. The van der Waals surface area contributed by atoms with E-state index in [1.165, 1.54) is 0 Å². The number of carboxylic acids is 2. The maximum atomic E-state index is 13.4. The highest BCUT2D eigenvalue weighted by Crippen LogP contribution is 2.30. The first-order valence-electron chi connectivity index (χ1n) is 11.6. The summed E-state index contributed by atoms with van der Waals surface area (Å²) in [6, 6.07) is 0.940. The summed E-state index contributed by atoms with van der Waals surface area (Å²) >= 11 is 3.79. The quantitative estimate of drug-likeness (QED) is 0.133. The van der Waals surface area contributed by atoms with Crippen molar-refractivity contribution in [2.24, 2.45) is 0 Å². The molecule has 224 valence electrons. The molecule has 0 aliphatic carbocycles. The van der Waals surface area contributed by atoms with E-state index in [-0.39, 0.29) is 33.3 Å². The third-order valence-electron chi connectivity index (χ3n) is 5.49. The summed E-state index contributed by atoms with van der Waals surface area (Å²) in [5.74, 6) is -8.41. The monoisotopic (exact) mass is 614 g/mol. The van der Waals surface area contributed by atoms with Crippen molar-refractivity contribution in [2.75, 3.05) is 16.4 Å². The number of aliphatic carboxylic acids is 2. The van der Waals surface area contributed by atoms with Gasteiger partial charge in [0.25, 0.3) is 11.5 Å². The van der Waals surface area contributed by atoms with Gasteiger partial charge in [0, 0.05) is 17.7 Å². The van der Waals surface area contributed by atoms with Crippen LogP contribution in [0, 0.1) is 0 Å². The molecular weight excluding hydrogens is 593 g/mol. The van der Waals surface area contributed by atoms with E-state index in [9.17, 15) is 47.0 Å². The highest BCUT2D eigenvalue weighted by atomic mass is 32.1. The molecule has 42 heavy (non-hydrogen) atoms. The molecule has 0 spiro atoms. The Morgan fingerprint density at radius 1 is 1.00 bits per heavy atom. The largest absolute Gasteiger partial charge is 0.480 e. The van der Waals surface area contributed by atoms with Crippen LogP contribution >= 0.6 is 12.6 Å². The lowest BCUT2D eigenvalue weighted by Crippen LogP contribution is -2.44. The molecule has 16 nitrogen and oxygen atoms in total. The average molecular weight is 615 g/mol. The summed E-state index contributed by atoms with van der Waals surface area (Å²) in [6.07, 6.45) is -6.29. The number of benzene rings is 1. The number of amides is 3. The van der Waals surface area contributed by atoms with Crippen LogP contribution in [0.3, 0.4) is 0 Å². The minimum absolute atomic E-state index is 0.0902. The number of carbonyl (C=O) groups is 5. The zero-order valence-corrected chi connectivity index (χ0v) is 21.8. The van der Waals surface area contributed by atoms with Crippen LogP contribution in [0.5, 0.6) is 0 Å². The minimum atomic E-state index is -5.40. The SMILES string of the molecule is Nc1nc2nc(N(C(=O)C(F)(F)F)c3ccc(C(=O)NC(CCC(=O)NC(CS)C(=O)O)C(=O)O)cc3)[nH]c2c(=O)[nH]1. The number of H-pyrrole nitrogens is 2. The van der Waals surface area contributed by atoms with E-state index in [2.05, 4.69) is 43.2 Å². The second-order valence-corrected chi connectivity index (χ2v) is 8.80. The zero-order valence-electron chi connectivity index (χ0n) is 20.9. The number of nitrogens with one attached hydrogen (secondary N) is 4. The fraction of sp³-hybridized carbons (Fsp3) is 0.273.